The number of nitrogens with zero attached hydrogens (tertiary/aromatic N) is 1. The summed E-state index contributed by atoms with van der Waals surface area (Å²) in [6.07, 6.45) is 5.24. The molecule has 1 N–H and O–H groups in total. The Kier molecular flexibility index (Phi) is 4.66. The van der Waals surface area contributed by atoms with Crippen molar-refractivity contribution in [1.82, 2.24) is 9.78 Å². The molecule has 15 heavy (non-hydrogen) atoms. The largest absolute Gasteiger partial charge is 0.299 e. The van der Waals surface area contributed by atoms with Crippen molar-refractivity contribution in [3.05, 3.63) is 21.6 Å². The predicted molar refractivity (Wildman–Crippen MR) is 63.3 cm³/mol. The maximum Gasteiger partial charge on any atom is 0.269 e. The van der Waals surface area contributed by atoms with E-state index in [1.807, 2.05) is 6.92 Å². The minimum absolute atomic E-state index is 0.189. The van der Waals surface area contributed by atoms with E-state index in [-0.39, 0.29) is 5.56 Å². The lowest BCUT2D eigenvalue weighted by Gasteiger charge is -1.98. The van der Waals surface area contributed by atoms with Crippen LogP contribution in [0.25, 0.3) is 0 Å². The van der Waals surface area contributed by atoms with Crippen LogP contribution in [0.2, 0.25) is 0 Å². The Balaban J connectivity index is 2.97. The van der Waals surface area contributed by atoms with Crippen molar-refractivity contribution >= 4 is 0 Å². The SMILES string of the molecule is CCCCc1c(CCC)[nH]n(CC)c1=O. The quantitative estimate of drug-likeness (QED) is 0.769. The summed E-state index contributed by atoms with van der Waals surface area (Å²) in [4.78, 5) is 11.9. The molecule has 0 radical (unpaired) electrons. The lowest BCUT2D eigenvalue weighted by Crippen LogP contribution is -2.17. The van der Waals surface area contributed by atoms with Crippen LogP contribution in [0.4, 0.5) is 0 Å². The van der Waals surface area contributed by atoms with Gasteiger partial charge in [-0.3, -0.25) is 14.6 Å². The summed E-state index contributed by atoms with van der Waals surface area (Å²) < 4.78 is 1.72. The number of H-pyrrole nitrogens is 1. The van der Waals surface area contributed by atoms with Crippen LogP contribution in [-0.4, -0.2) is 9.78 Å². The summed E-state index contributed by atoms with van der Waals surface area (Å²) in [7, 11) is 0. The molecule has 0 saturated carbocycles. The summed E-state index contributed by atoms with van der Waals surface area (Å²) >= 11 is 0. The van der Waals surface area contributed by atoms with Crippen molar-refractivity contribution in [1.29, 1.82) is 0 Å². The molecule has 1 rings (SSSR count). The van der Waals surface area contributed by atoms with Crippen LogP contribution in [-0.2, 0) is 19.4 Å². The first-order chi connectivity index (χ1) is 7.24. The molecule has 0 amide bonds. The monoisotopic (exact) mass is 210 g/mol. The van der Waals surface area contributed by atoms with Crippen molar-refractivity contribution in [2.45, 2.75) is 59.4 Å². The molecule has 0 saturated heterocycles. The molecule has 1 aromatic heterocycles. The van der Waals surface area contributed by atoms with Crippen LogP contribution < -0.4 is 5.56 Å². The van der Waals surface area contributed by atoms with Gasteiger partial charge in [0.2, 0.25) is 0 Å². The van der Waals surface area contributed by atoms with E-state index in [1.54, 1.807) is 4.68 Å². The summed E-state index contributed by atoms with van der Waals surface area (Å²) in [6.45, 7) is 7.04. The molecule has 0 aliphatic heterocycles. The van der Waals surface area contributed by atoms with Crippen molar-refractivity contribution in [2.75, 3.05) is 0 Å². The molecule has 1 heterocycles. The first-order valence-electron chi connectivity index (χ1n) is 6.05. The molecule has 0 aliphatic carbocycles. The second-order valence-corrected chi connectivity index (χ2v) is 3.97. The van der Waals surface area contributed by atoms with E-state index in [0.29, 0.717) is 0 Å². The molecule has 0 bridgehead atoms. The lowest BCUT2D eigenvalue weighted by atomic mass is 10.1. The fourth-order valence-corrected chi connectivity index (χ4v) is 1.86. The average molecular weight is 210 g/mol. The van der Waals surface area contributed by atoms with Gasteiger partial charge in [-0.05, 0) is 26.2 Å². The van der Waals surface area contributed by atoms with Gasteiger partial charge in [0.1, 0.15) is 0 Å². The molecule has 0 unspecified atom stereocenters. The zero-order chi connectivity index (χ0) is 11.3. The van der Waals surface area contributed by atoms with Crippen LogP contribution in [0.15, 0.2) is 4.79 Å². The van der Waals surface area contributed by atoms with E-state index >= 15 is 0 Å². The number of aromatic amines is 1. The fourth-order valence-electron chi connectivity index (χ4n) is 1.86. The number of hydrogen-bond acceptors (Lipinski definition) is 1. The first-order valence-corrected chi connectivity index (χ1v) is 6.05. The molecule has 3 heteroatoms. The standard InChI is InChI=1S/C12H22N2O/c1-4-7-9-10-11(8-5-2)13-14(6-3)12(10)15/h13H,4-9H2,1-3H3. The number of aryl methyl sites for hydroxylation is 2. The normalized spacial score (nSPS) is 10.9. The molecular weight excluding hydrogens is 188 g/mol. The second kappa shape index (κ2) is 5.79. The van der Waals surface area contributed by atoms with Gasteiger partial charge in [-0.15, -0.1) is 0 Å². The molecule has 0 fully saturated rings. The highest BCUT2D eigenvalue weighted by Crippen LogP contribution is 2.08. The highest BCUT2D eigenvalue weighted by Gasteiger charge is 2.11. The third-order valence-corrected chi connectivity index (χ3v) is 2.73. The maximum atomic E-state index is 11.9. The molecule has 0 atom stereocenters. The minimum Gasteiger partial charge on any atom is -0.299 e. The van der Waals surface area contributed by atoms with Crippen LogP contribution in [0.5, 0.6) is 0 Å². The molecule has 3 nitrogen and oxygen atoms in total. The third-order valence-electron chi connectivity index (χ3n) is 2.73. The van der Waals surface area contributed by atoms with Gasteiger partial charge in [0, 0.05) is 17.8 Å². The molecule has 1 aromatic rings. The molecule has 0 spiro atoms. The van der Waals surface area contributed by atoms with Gasteiger partial charge in [0.15, 0.2) is 0 Å². The van der Waals surface area contributed by atoms with Crippen molar-refractivity contribution in [2.24, 2.45) is 0 Å². The lowest BCUT2D eigenvalue weighted by molar-refractivity contribution is 0.624. The van der Waals surface area contributed by atoms with Gasteiger partial charge in [-0.2, -0.15) is 0 Å². The van der Waals surface area contributed by atoms with Gasteiger partial charge in [0.25, 0.3) is 5.56 Å². The Morgan fingerprint density at radius 2 is 1.87 bits per heavy atom. The summed E-state index contributed by atoms with van der Waals surface area (Å²) in [5.41, 5.74) is 2.35. The predicted octanol–water partition coefficient (Wildman–Crippen LogP) is 2.49. The number of hydrogen-bond donors (Lipinski definition) is 1. The van der Waals surface area contributed by atoms with Gasteiger partial charge in [-0.25, -0.2) is 0 Å². The van der Waals surface area contributed by atoms with Crippen molar-refractivity contribution < 1.29 is 0 Å². The highest BCUT2D eigenvalue weighted by molar-refractivity contribution is 5.17. The number of nitrogens with one attached hydrogen (secondary N) is 1. The van der Waals surface area contributed by atoms with Crippen LogP contribution >= 0.6 is 0 Å². The van der Waals surface area contributed by atoms with Crippen LogP contribution in [0, 0.1) is 0 Å². The number of rotatable bonds is 6. The average Bonchev–Trinajstić information content (AvgIpc) is 2.53. The number of aromatic nitrogens is 2. The van der Waals surface area contributed by atoms with E-state index in [2.05, 4.69) is 18.9 Å². The van der Waals surface area contributed by atoms with Gasteiger partial charge in [0.05, 0.1) is 0 Å². The summed E-state index contributed by atoms with van der Waals surface area (Å²) in [5, 5.41) is 3.21. The molecule has 0 aliphatic rings. The zero-order valence-corrected chi connectivity index (χ0v) is 10.1. The fraction of sp³-hybridized carbons (Fsp3) is 0.750. The number of unbranched alkanes of at least 4 members (excludes halogenated alkanes) is 1. The Morgan fingerprint density at radius 1 is 1.13 bits per heavy atom. The molecular formula is C12H22N2O. The van der Waals surface area contributed by atoms with Gasteiger partial charge in [-0.1, -0.05) is 26.7 Å². The second-order valence-electron chi connectivity index (χ2n) is 3.97. The Labute approximate surface area is 91.5 Å². The summed E-state index contributed by atoms with van der Waals surface area (Å²) in [5.74, 6) is 0. The topological polar surface area (TPSA) is 37.8 Å². The Morgan fingerprint density at radius 3 is 2.40 bits per heavy atom. The smallest absolute Gasteiger partial charge is 0.269 e. The van der Waals surface area contributed by atoms with Crippen LogP contribution in [0.3, 0.4) is 0 Å². The van der Waals surface area contributed by atoms with E-state index in [4.69, 9.17) is 0 Å². The highest BCUT2D eigenvalue weighted by atomic mass is 16.1. The van der Waals surface area contributed by atoms with Crippen molar-refractivity contribution in [3.8, 4) is 0 Å². The van der Waals surface area contributed by atoms with Gasteiger partial charge >= 0.3 is 0 Å². The third kappa shape index (κ3) is 2.74. The maximum absolute atomic E-state index is 11.9. The Hall–Kier alpha value is -0.990. The van der Waals surface area contributed by atoms with E-state index < -0.39 is 0 Å². The van der Waals surface area contributed by atoms with E-state index in [9.17, 15) is 4.79 Å². The molecule has 86 valence electrons. The first kappa shape index (κ1) is 12.1. The minimum atomic E-state index is 0.189. The van der Waals surface area contributed by atoms with E-state index in [1.165, 1.54) is 0 Å². The van der Waals surface area contributed by atoms with Gasteiger partial charge < -0.3 is 0 Å². The van der Waals surface area contributed by atoms with E-state index in [0.717, 1.165) is 49.9 Å². The Bertz CT molecular complexity index is 349. The van der Waals surface area contributed by atoms with Crippen LogP contribution in [0.1, 0.15) is 51.3 Å². The van der Waals surface area contributed by atoms with Crippen molar-refractivity contribution in [3.63, 3.8) is 0 Å². The zero-order valence-electron chi connectivity index (χ0n) is 10.1. The summed E-state index contributed by atoms with van der Waals surface area (Å²) in [6, 6.07) is 0. The molecule has 0 aromatic carbocycles.